The zero-order valence-electron chi connectivity index (χ0n) is 33.5. The van der Waals surface area contributed by atoms with Gasteiger partial charge in [0, 0.05) is 49.4 Å². The molecule has 0 bridgehead atoms. The standard InChI is InChI=1S/C38H56N8O9S/c1-37(2,3)30-20-25(15-18-44(30)33(42-34(48)49)46(36(51)52)38(4,5)6)32(47)45-22-26(23-13-16-43(17-14-23)56(8,53)54)19-29(45)31-39-21-28(41-31)24-9-11-27(12-10-24)40-35(50)55-7/h9-12,21,23,25-26,29-30H,13-20,22H2,1-8H3,(H,39,41)(H,40,50)(H,48,49)(H,51,52)/t25?,26-,29-,30?/m0/s1. The van der Waals surface area contributed by atoms with Gasteiger partial charge in [0.1, 0.15) is 5.82 Å². The van der Waals surface area contributed by atoms with Crippen LogP contribution in [0.15, 0.2) is 35.5 Å². The molecule has 18 heteroatoms. The maximum atomic E-state index is 14.9. The highest BCUT2D eigenvalue weighted by molar-refractivity contribution is 7.88. The van der Waals surface area contributed by atoms with E-state index in [0.717, 1.165) is 16.2 Å². The number of nitrogens with one attached hydrogen (secondary N) is 2. The van der Waals surface area contributed by atoms with Crippen LogP contribution in [0.3, 0.4) is 0 Å². The molecule has 0 spiro atoms. The number of piperidine rings is 2. The maximum Gasteiger partial charge on any atom is 0.434 e. The smallest absolute Gasteiger partial charge is 0.434 e. The molecule has 308 valence electrons. The van der Waals surface area contributed by atoms with Gasteiger partial charge in [0.05, 0.1) is 31.3 Å². The number of carbonyl (C=O) groups excluding carboxylic acids is 2. The molecule has 4 amide bonds. The summed E-state index contributed by atoms with van der Waals surface area (Å²) in [5.74, 6) is 0.248. The van der Waals surface area contributed by atoms with Gasteiger partial charge in [-0.3, -0.25) is 10.1 Å². The van der Waals surface area contributed by atoms with Crippen molar-refractivity contribution >= 4 is 45.9 Å². The Morgan fingerprint density at radius 2 is 1.59 bits per heavy atom. The first kappa shape index (κ1) is 42.4. The van der Waals surface area contributed by atoms with Crippen molar-refractivity contribution in [1.82, 2.24) is 29.0 Å². The highest BCUT2D eigenvalue weighted by atomic mass is 32.2. The summed E-state index contributed by atoms with van der Waals surface area (Å²) in [7, 11) is -2.02. The van der Waals surface area contributed by atoms with Crippen molar-refractivity contribution in [1.29, 1.82) is 0 Å². The number of aromatic amines is 1. The second-order valence-electron chi connectivity index (χ2n) is 17.2. The van der Waals surface area contributed by atoms with Crippen LogP contribution in [0.1, 0.15) is 85.5 Å². The minimum Gasteiger partial charge on any atom is -0.465 e. The van der Waals surface area contributed by atoms with Crippen molar-refractivity contribution < 1.29 is 42.5 Å². The quantitative estimate of drug-likeness (QED) is 0.204. The first-order valence-electron chi connectivity index (χ1n) is 19.0. The summed E-state index contributed by atoms with van der Waals surface area (Å²) in [5.41, 5.74) is 0.611. The SMILES string of the molecule is COC(=O)Nc1ccc(-c2cnc([C@@H]3C[C@H](C4CCN(S(C)(=O)=O)CC4)CN3C(=O)C3CCN(C(=NC(=O)O)N(C(=O)O)C(C)(C)C)C(C(C)(C)C)C3)[nH]2)cc1. The fourth-order valence-electron chi connectivity index (χ4n) is 8.43. The molecule has 2 aromatic rings. The van der Waals surface area contributed by atoms with Gasteiger partial charge >= 0.3 is 18.3 Å². The van der Waals surface area contributed by atoms with Gasteiger partial charge in [-0.2, -0.15) is 0 Å². The van der Waals surface area contributed by atoms with E-state index >= 15 is 0 Å². The Kier molecular flexibility index (Phi) is 12.4. The molecule has 3 fully saturated rings. The number of sulfonamides is 1. The average molecular weight is 801 g/mol. The Balaban J connectivity index is 1.44. The number of hydrogen-bond acceptors (Lipinski definition) is 8. The molecule has 3 aliphatic heterocycles. The van der Waals surface area contributed by atoms with Gasteiger partial charge in [-0.15, -0.1) is 4.99 Å². The third-order valence-electron chi connectivity index (χ3n) is 11.3. The van der Waals surface area contributed by atoms with Gasteiger partial charge in [0.15, 0.2) is 0 Å². The molecule has 2 unspecified atom stereocenters. The third kappa shape index (κ3) is 9.62. The Labute approximate surface area is 328 Å². The zero-order valence-corrected chi connectivity index (χ0v) is 34.3. The molecule has 3 saturated heterocycles. The number of likely N-dealkylation sites (tertiary alicyclic amines) is 2. The first-order chi connectivity index (χ1) is 26.1. The normalized spacial score (nSPS) is 23.2. The van der Waals surface area contributed by atoms with E-state index in [0.29, 0.717) is 63.3 Å². The van der Waals surface area contributed by atoms with Crippen LogP contribution in [0.4, 0.5) is 20.1 Å². The summed E-state index contributed by atoms with van der Waals surface area (Å²) in [6.07, 6.45) is 2.23. The van der Waals surface area contributed by atoms with Crippen LogP contribution in [0, 0.1) is 23.2 Å². The van der Waals surface area contributed by atoms with E-state index in [-0.39, 0.29) is 36.3 Å². The number of methoxy groups -OCH3 is 1. The Hall–Kier alpha value is -4.71. The van der Waals surface area contributed by atoms with Gasteiger partial charge in [0.25, 0.3) is 0 Å². The summed E-state index contributed by atoms with van der Waals surface area (Å²) in [5, 5.41) is 22.7. The van der Waals surface area contributed by atoms with Gasteiger partial charge in [-0.25, -0.2) is 37.0 Å². The topological polar surface area (TPSA) is 218 Å². The van der Waals surface area contributed by atoms with Crippen LogP contribution in [0.25, 0.3) is 11.3 Å². The molecule has 0 aliphatic carbocycles. The number of nitrogens with zero attached hydrogens (tertiary/aromatic N) is 6. The van der Waals surface area contributed by atoms with Crippen LogP contribution < -0.4 is 5.32 Å². The van der Waals surface area contributed by atoms with E-state index in [2.05, 4.69) is 20.0 Å². The number of anilines is 1. The molecule has 4 N–H and O–H groups in total. The Morgan fingerprint density at radius 3 is 2.12 bits per heavy atom. The lowest BCUT2D eigenvalue weighted by Gasteiger charge is -2.50. The third-order valence-corrected chi connectivity index (χ3v) is 12.6. The number of imidazole rings is 1. The van der Waals surface area contributed by atoms with Gasteiger partial charge < -0.3 is 29.7 Å². The minimum absolute atomic E-state index is 0.0567. The van der Waals surface area contributed by atoms with Crippen LogP contribution >= 0.6 is 0 Å². The summed E-state index contributed by atoms with van der Waals surface area (Å²) in [4.78, 5) is 67.8. The van der Waals surface area contributed by atoms with Crippen LogP contribution in [-0.4, -0.2) is 129 Å². The lowest BCUT2D eigenvalue weighted by Crippen LogP contribution is -2.62. The fraction of sp³-hybridized carbons (Fsp3) is 0.632. The molecule has 5 rings (SSSR count). The highest BCUT2D eigenvalue weighted by Crippen LogP contribution is 2.44. The monoisotopic (exact) mass is 800 g/mol. The van der Waals surface area contributed by atoms with Crippen LogP contribution in [0.2, 0.25) is 0 Å². The number of amides is 4. The maximum absolute atomic E-state index is 14.9. The molecule has 1 aromatic heterocycles. The number of aliphatic imine (C=N–C) groups is 1. The molecule has 1 aromatic carbocycles. The van der Waals surface area contributed by atoms with Crippen molar-refractivity contribution in [3.8, 4) is 11.3 Å². The Morgan fingerprint density at radius 1 is 0.946 bits per heavy atom. The predicted octanol–water partition coefficient (Wildman–Crippen LogP) is 5.76. The van der Waals surface area contributed by atoms with E-state index in [1.54, 1.807) is 44.0 Å². The number of aromatic nitrogens is 2. The molecule has 3 aliphatic rings. The predicted molar refractivity (Wildman–Crippen MR) is 210 cm³/mol. The van der Waals surface area contributed by atoms with E-state index in [9.17, 15) is 37.8 Å². The van der Waals surface area contributed by atoms with E-state index < -0.39 is 51.2 Å². The summed E-state index contributed by atoms with van der Waals surface area (Å²) in [6.45, 7) is 12.5. The minimum atomic E-state index is -3.31. The zero-order chi connectivity index (χ0) is 41.3. The van der Waals surface area contributed by atoms with Crippen LogP contribution in [0.5, 0.6) is 0 Å². The van der Waals surface area contributed by atoms with E-state index in [4.69, 9.17) is 4.98 Å². The molecular weight excluding hydrogens is 745 g/mol. The summed E-state index contributed by atoms with van der Waals surface area (Å²) < 4.78 is 30.7. The summed E-state index contributed by atoms with van der Waals surface area (Å²) in [6, 6.07) is 6.36. The molecule has 0 radical (unpaired) electrons. The lowest BCUT2D eigenvalue weighted by atomic mass is 9.76. The second-order valence-corrected chi connectivity index (χ2v) is 19.1. The first-order valence-corrected chi connectivity index (χ1v) is 20.8. The number of benzene rings is 1. The molecule has 0 saturated carbocycles. The Bertz CT molecular complexity index is 1910. The number of rotatable bonds is 6. The van der Waals surface area contributed by atoms with Crippen molar-refractivity contribution in [3.63, 3.8) is 0 Å². The van der Waals surface area contributed by atoms with E-state index in [1.165, 1.54) is 17.7 Å². The van der Waals surface area contributed by atoms with Gasteiger partial charge in [-0.1, -0.05) is 32.9 Å². The molecule has 4 atom stereocenters. The van der Waals surface area contributed by atoms with Crippen molar-refractivity contribution in [2.45, 2.75) is 91.3 Å². The number of ether oxygens (including phenoxy) is 1. The average Bonchev–Trinajstić information content (AvgIpc) is 3.78. The molecular formula is C38H56N8O9S. The number of H-pyrrole nitrogens is 1. The van der Waals surface area contributed by atoms with Crippen molar-refractivity contribution in [2.24, 2.45) is 28.2 Å². The lowest BCUT2D eigenvalue weighted by molar-refractivity contribution is -0.139. The number of hydrogen-bond donors (Lipinski definition) is 4. The van der Waals surface area contributed by atoms with Crippen molar-refractivity contribution in [3.05, 3.63) is 36.3 Å². The van der Waals surface area contributed by atoms with Crippen LogP contribution in [-0.2, 0) is 19.6 Å². The number of carboxylic acid groups (broad SMARTS) is 2. The summed E-state index contributed by atoms with van der Waals surface area (Å²) >= 11 is 0. The van der Waals surface area contributed by atoms with E-state index in [1.807, 2.05) is 37.8 Å². The van der Waals surface area contributed by atoms with Gasteiger partial charge in [0.2, 0.25) is 21.9 Å². The number of guanidine groups is 1. The van der Waals surface area contributed by atoms with Crippen molar-refractivity contribution in [2.75, 3.05) is 44.9 Å². The van der Waals surface area contributed by atoms with Gasteiger partial charge in [-0.05, 0) is 87.8 Å². The fourth-order valence-corrected chi connectivity index (χ4v) is 9.31. The second kappa shape index (κ2) is 16.4. The number of carbonyl (C=O) groups is 4. The molecule has 56 heavy (non-hydrogen) atoms. The highest BCUT2D eigenvalue weighted by Gasteiger charge is 2.48. The largest absolute Gasteiger partial charge is 0.465 e. The molecule has 4 heterocycles. The molecule has 17 nitrogen and oxygen atoms in total.